The van der Waals surface area contributed by atoms with Crippen LogP contribution >= 0.6 is 0 Å². The van der Waals surface area contributed by atoms with E-state index in [0.717, 1.165) is 43.0 Å². The van der Waals surface area contributed by atoms with Gasteiger partial charge in [0.2, 0.25) is 0 Å². The van der Waals surface area contributed by atoms with Gasteiger partial charge in [-0.1, -0.05) is 13.8 Å². The average molecular weight is 262 g/mol. The standard InChI is InChI=1S/C15H26N4/c1-11(2)13-5-4-7-19(8-6-13)10-15-17-12(3)9-14(16)18-15/h9,11,13H,4-8,10H2,1-3H3,(H2,16,17,18). The lowest BCUT2D eigenvalue weighted by Gasteiger charge is -2.20. The maximum absolute atomic E-state index is 5.79. The van der Waals surface area contributed by atoms with Gasteiger partial charge >= 0.3 is 0 Å². The number of nitrogens with two attached hydrogens (primary N) is 1. The van der Waals surface area contributed by atoms with Crippen molar-refractivity contribution in [1.82, 2.24) is 14.9 Å². The summed E-state index contributed by atoms with van der Waals surface area (Å²) in [5.41, 5.74) is 6.74. The molecule has 2 N–H and O–H groups in total. The molecule has 0 aliphatic carbocycles. The first kappa shape index (κ1) is 14.3. The normalized spacial score (nSPS) is 21.6. The number of aromatic nitrogens is 2. The second kappa shape index (κ2) is 6.33. The molecule has 1 atom stereocenters. The molecule has 1 aromatic heterocycles. The second-order valence-corrected chi connectivity index (χ2v) is 6.06. The lowest BCUT2D eigenvalue weighted by Crippen LogP contribution is -2.26. The summed E-state index contributed by atoms with van der Waals surface area (Å²) in [6.45, 7) is 9.78. The molecule has 0 aromatic carbocycles. The van der Waals surface area contributed by atoms with Crippen molar-refractivity contribution in [3.63, 3.8) is 0 Å². The summed E-state index contributed by atoms with van der Waals surface area (Å²) in [4.78, 5) is 11.3. The zero-order chi connectivity index (χ0) is 13.8. The number of likely N-dealkylation sites (tertiary alicyclic amines) is 1. The monoisotopic (exact) mass is 262 g/mol. The lowest BCUT2D eigenvalue weighted by atomic mass is 9.89. The molecule has 0 radical (unpaired) electrons. The maximum atomic E-state index is 5.79. The van der Waals surface area contributed by atoms with Gasteiger partial charge in [-0.15, -0.1) is 0 Å². The molecule has 1 aliphatic heterocycles. The molecule has 0 bridgehead atoms. The fourth-order valence-electron chi connectivity index (χ4n) is 2.93. The summed E-state index contributed by atoms with van der Waals surface area (Å²) in [6.07, 6.45) is 3.92. The fraction of sp³-hybridized carbons (Fsp3) is 0.733. The zero-order valence-electron chi connectivity index (χ0n) is 12.4. The highest BCUT2D eigenvalue weighted by atomic mass is 15.1. The minimum absolute atomic E-state index is 0.581. The van der Waals surface area contributed by atoms with Crippen LogP contribution < -0.4 is 5.73 Å². The minimum atomic E-state index is 0.581. The van der Waals surface area contributed by atoms with Crippen molar-refractivity contribution < 1.29 is 0 Å². The van der Waals surface area contributed by atoms with Gasteiger partial charge < -0.3 is 5.73 Å². The first-order valence-electron chi connectivity index (χ1n) is 7.37. The quantitative estimate of drug-likeness (QED) is 0.910. The number of nitrogens with zero attached hydrogens (tertiary/aromatic N) is 3. The molecule has 1 aromatic rings. The molecule has 0 spiro atoms. The molecule has 106 valence electrons. The molecule has 0 saturated carbocycles. The Hall–Kier alpha value is -1.16. The number of rotatable bonds is 3. The van der Waals surface area contributed by atoms with E-state index in [9.17, 15) is 0 Å². The van der Waals surface area contributed by atoms with Crippen LogP contribution in [-0.2, 0) is 6.54 Å². The van der Waals surface area contributed by atoms with Crippen LogP contribution in [0.2, 0.25) is 0 Å². The van der Waals surface area contributed by atoms with Crippen LogP contribution in [0.3, 0.4) is 0 Å². The van der Waals surface area contributed by atoms with Gasteiger partial charge in [0, 0.05) is 11.8 Å². The van der Waals surface area contributed by atoms with Crippen molar-refractivity contribution in [3.8, 4) is 0 Å². The van der Waals surface area contributed by atoms with E-state index in [-0.39, 0.29) is 0 Å². The van der Waals surface area contributed by atoms with Gasteiger partial charge in [-0.05, 0) is 51.1 Å². The fourth-order valence-corrected chi connectivity index (χ4v) is 2.93. The first-order chi connectivity index (χ1) is 9.04. The van der Waals surface area contributed by atoms with E-state index in [4.69, 9.17) is 5.73 Å². The highest BCUT2D eigenvalue weighted by Gasteiger charge is 2.20. The van der Waals surface area contributed by atoms with Crippen LogP contribution in [0.5, 0.6) is 0 Å². The van der Waals surface area contributed by atoms with Crippen LogP contribution in [0.15, 0.2) is 6.07 Å². The summed E-state index contributed by atoms with van der Waals surface area (Å²) >= 11 is 0. The summed E-state index contributed by atoms with van der Waals surface area (Å²) < 4.78 is 0. The molecule has 4 heteroatoms. The number of anilines is 1. The smallest absolute Gasteiger partial charge is 0.144 e. The Morgan fingerprint density at radius 3 is 2.79 bits per heavy atom. The van der Waals surface area contributed by atoms with Gasteiger partial charge in [-0.25, -0.2) is 9.97 Å². The highest BCUT2D eigenvalue weighted by molar-refractivity contribution is 5.29. The van der Waals surface area contributed by atoms with E-state index in [2.05, 4.69) is 28.7 Å². The second-order valence-electron chi connectivity index (χ2n) is 6.06. The molecular weight excluding hydrogens is 236 g/mol. The SMILES string of the molecule is Cc1cc(N)nc(CN2CCCC(C(C)C)CC2)n1. The number of aryl methyl sites for hydroxylation is 1. The van der Waals surface area contributed by atoms with Crippen molar-refractivity contribution in [2.24, 2.45) is 11.8 Å². The van der Waals surface area contributed by atoms with E-state index < -0.39 is 0 Å². The van der Waals surface area contributed by atoms with E-state index in [0.29, 0.717) is 5.82 Å². The molecule has 1 aliphatic rings. The van der Waals surface area contributed by atoms with Crippen LogP contribution in [0.25, 0.3) is 0 Å². The molecule has 0 amide bonds. The zero-order valence-corrected chi connectivity index (χ0v) is 12.4. The Morgan fingerprint density at radius 2 is 2.11 bits per heavy atom. The Kier molecular flexibility index (Phi) is 4.75. The van der Waals surface area contributed by atoms with Crippen LogP contribution in [0.1, 0.15) is 44.6 Å². The number of nitrogen functional groups attached to an aromatic ring is 1. The summed E-state index contributed by atoms with van der Waals surface area (Å²) in [7, 11) is 0. The van der Waals surface area contributed by atoms with Crippen molar-refractivity contribution in [2.45, 2.75) is 46.6 Å². The van der Waals surface area contributed by atoms with Gasteiger partial charge in [0.15, 0.2) is 0 Å². The molecule has 2 heterocycles. The molecule has 1 saturated heterocycles. The van der Waals surface area contributed by atoms with Crippen LogP contribution in [0.4, 0.5) is 5.82 Å². The third kappa shape index (κ3) is 4.16. The number of hydrogen-bond acceptors (Lipinski definition) is 4. The Balaban J connectivity index is 1.95. The molecule has 19 heavy (non-hydrogen) atoms. The van der Waals surface area contributed by atoms with Gasteiger partial charge in [-0.3, -0.25) is 4.90 Å². The van der Waals surface area contributed by atoms with E-state index in [1.165, 1.54) is 19.3 Å². The Bertz CT molecular complexity index is 396. The van der Waals surface area contributed by atoms with Crippen molar-refractivity contribution in [2.75, 3.05) is 18.8 Å². The maximum Gasteiger partial charge on any atom is 0.144 e. The largest absolute Gasteiger partial charge is 0.384 e. The molecular formula is C15H26N4. The van der Waals surface area contributed by atoms with E-state index >= 15 is 0 Å². The third-order valence-electron chi connectivity index (χ3n) is 4.09. The lowest BCUT2D eigenvalue weighted by molar-refractivity contribution is 0.259. The Labute approximate surface area is 116 Å². The van der Waals surface area contributed by atoms with Crippen molar-refractivity contribution >= 4 is 5.82 Å². The summed E-state index contributed by atoms with van der Waals surface area (Å²) in [6, 6.07) is 1.82. The predicted molar refractivity (Wildman–Crippen MR) is 78.6 cm³/mol. The van der Waals surface area contributed by atoms with E-state index in [1.807, 2.05) is 13.0 Å². The minimum Gasteiger partial charge on any atom is -0.384 e. The van der Waals surface area contributed by atoms with Crippen molar-refractivity contribution in [3.05, 3.63) is 17.6 Å². The van der Waals surface area contributed by atoms with Gasteiger partial charge in [0.25, 0.3) is 0 Å². The van der Waals surface area contributed by atoms with Gasteiger partial charge in [0.05, 0.1) is 6.54 Å². The van der Waals surface area contributed by atoms with Gasteiger partial charge in [-0.2, -0.15) is 0 Å². The van der Waals surface area contributed by atoms with Gasteiger partial charge in [0.1, 0.15) is 11.6 Å². The van der Waals surface area contributed by atoms with Crippen LogP contribution in [-0.4, -0.2) is 28.0 Å². The number of hydrogen-bond donors (Lipinski definition) is 1. The van der Waals surface area contributed by atoms with Crippen LogP contribution in [0, 0.1) is 18.8 Å². The average Bonchev–Trinajstić information content (AvgIpc) is 2.53. The highest BCUT2D eigenvalue weighted by Crippen LogP contribution is 2.25. The molecule has 1 unspecified atom stereocenters. The molecule has 4 nitrogen and oxygen atoms in total. The topological polar surface area (TPSA) is 55.0 Å². The summed E-state index contributed by atoms with van der Waals surface area (Å²) in [5, 5.41) is 0. The van der Waals surface area contributed by atoms with E-state index in [1.54, 1.807) is 0 Å². The summed E-state index contributed by atoms with van der Waals surface area (Å²) in [5.74, 6) is 3.11. The Morgan fingerprint density at radius 1 is 1.32 bits per heavy atom. The predicted octanol–water partition coefficient (Wildman–Crippen LogP) is 2.63. The molecule has 1 fully saturated rings. The third-order valence-corrected chi connectivity index (χ3v) is 4.09. The van der Waals surface area contributed by atoms with Crippen molar-refractivity contribution in [1.29, 1.82) is 0 Å². The molecule has 2 rings (SSSR count). The first-order valence-corrected chi connectivity index (χ1v) is 7.37.